The van der Waals surface area contributed by atoms with Gasteiger partial charge in [0.1, 0.15) is 0 Å². The zero-order chi connectivity index (χ0) is 19.6. The highest BCUT2D eigenvalue weighted by molar-refractivity contribution is 6.42. The van der Waals surface area contributed by atoms with Crippen molar-refractivity contribution in [2.75, 3.05) is 45.1 Å². The van der Waals surface area contributed by atoms with E-state index in [0.717, 1.165) is 26.1 Å². The number of nitrogens with one attached hydrogen (secondary N) is 2. The van der Waals surface area contributed by atoms with Crippen LogP contribution in [0.15, 0.2) is 42.5 Å². The van der Waals surface area contributed by atoms with E-state index in [9.17, 15) is 0 Å². The molecule has 2 N–H and O–H groups in total. The van der Waals surface area contributed by atoms with Crippen molar-refractivity contribution in [3.05, 3.63) is 63.6 Å². The van der Waals surface area contributed by atoms with Crippen LogP contribution in [0.4, 0.5) is 5.69 Å². The van der Waals surface area contributed by atoms with Crippen LogP contribution in [0.5, 0.6) is 0 Å². The molecule has 1 saturated heterocycles. The molecule has 2 aliphatic rings. The van der Waals surface area contributed by atoms with E-state index in [2.05, 4.69) is 45.9 Å². The number of anilines is 1. The Morgan fingerprint density at radius 2 is 1.89 bits per heavy atom. The number of rotatable bonds is 6. The lowest BCUT2D eigenvalue weighted by Crippen LogP contribution is -2.44. The summed E-state index contributed by atoms with van der Waals surface area (Å²) in [6, 6.07) is 14.9. The van der Waals surface area contributed by atoms with Crippen molar-refractivity contribution in [2.45, 2.75) is 30.6 Å². The van der Waals surface area contributed by atoms with Gasteiger partial charge in [0.2, 0.25) is 0 Å². The van der Waals surface area contributed by atoms with E-state index in [-0.39, 0.29) is 0 Å². The minimum atomic E-state index is 0.334. The maximum Gasteiger partial charge on any atom is 0.0595 e. The van der Waals surface area contributed by atoms with E-state index in [1.54, 1.807) is 0 Å². The first-order chi connectivity index (χ1) is 13.6. The summed E-state index contributed by atoms with van der Waals surface area (Å²) in [5.41, 5.74) is 4.47. The number of hydrogen-bond donors (Lipinski definition) is 2. The Morgan fingerprint density at radius 1 is 1.11 bits per heavy atom. The molecule has 0 radical (unpaired) electrons. The van der Waals surface area contributed by atoms with Crippen LogP contribution >= 0.6 is 23.2 Å². The van der Waals surface area contributed by atoms with Gasteiger partial charge in [-0.15, -0.1) is 0 Å². The van der Waals surface area contributed by atoms with Crippen LogP contribution in [0.1, 0.15) is 36.3 Å². The Labute approximate surface area is 178 Å². The standard InChI is InChI=1S/C23H29Cl2N3/c1-26-15-18(17-6-7-20(24)21(25)14-17)8-11-28-12-9-23(10-13-28)16-27-22-5-3-2-4-19(22)23/h2-7,14,18,26-27H,8-13,15-16H2,1H3. The van der Waals surface area contributed by atoms with Gasteiger partial charge in [0, 0.05) is 24.2 Å². The third-order valence-electron chi connectivity index (χ3n) is 6.59. The maximum absolute atomic E-state index is 6.25. The summed E-state index contributed by atoms with van der Waals surface area (Å²) in [5, 5.41) is 8.23. The number of fused-ring (bicyclic) bond motifs is 2. The van der Waals surface area contributed by atoms with Crippen LogP contribution < -0.4 is 10.6 Å². The lowest BCUT2D eigenvalue weighted by molar-refractivity contribution is 0.164. The number of hydrogen-bond acceptors (Lipinski definition) is 3. The fourth-order valence-corrected chi connectivity index (χ4v) is 5.15. The van der Waals surface area contributed by atoms with E-state index in [4.69, 9.17) is 23.2 Å². The zero-order valence-electron chi connectivity index (χ0n) is 16.5. The van der Waals surface area contributed by atoms with Gasteiger partial charge in [-0.3, -0.25) is 0 Å². The second kappa shape index (κ2) is 8.62. The molecule has 0 amide bonds. The van der Waals surface area contributed by atoms with E-state index in [0.29, 0.717) is 21.4 Å². The Bertz CT molecular complexity index is 815. The molecule has 0 aromatic heterocycles. The van der Waals surface area contributed by atoms with Crippen LogP contribution in [-0.2, 0) is 5.41 Å². The second-order valence-electron chi connectivity index (χ2n) is 8.24. The predicted octanol–water partition coefficient (Wildman–Crippen LogP) is 5.15. The second-order valence-corrected chi connectivity index (χ2v) is 9.05. The summed E-state index contributed by atoms with van der Waals surface area (Å²) in [5.74, 6) is 0.449. The molecule has 1 fully saturated rings. The molecule has 1 spiro atoms. The Kier molecular flexibility index (Phi) is 6.17. The highest BCUT2D eigenvalue weighted by atomic mass is 35.5. The number of halogens is 2. The van der Waals surface area contributed by atoms with Gasteiger partial charge in [-0.2, -0.15) is 0 Å². The van der Waals surface area contributed by atoms with Crippen molar-refractivity contribution in [1.29, 1.82) is 0 Å². The quantitative estimate of drug-likeness (QED) is 0.680. The molecule has 5 heteroatoms. The summed E-state index contributed by atoms with van der Waals surface area (Å²) in [4.78, 5) is 2.63. The normalized spacial score (nSPS) is 19.4. The molecule has 0 aliphatic carbocycles. The Balaban J connectivity index is 1.36. The highest BCUT2D eigenvalue weighted by Gasteiger charge is 2.41. The molecule has 1 unspecified atom stereocenters. The van der Waals surface area contributed by atoms with Crippen molar-refractivity contribution < 1.29 is 0 Å². The number of nitrogens with zero attached hydrogens (tertiary/aromatic N) is 1. The first kappa shape index (κ1) is 20.0. The lowest BCUT2D eigenvalue weighted by atomic mass is 9.74. The minimum absolute atomic E-state index is 0.334. The van der Waals surface area contributed by atoms with Gasteiger partial charge in [-0.1, -0.05) is 47.5 Å². The summed E-state index contributed by atoms with van der Waals surface area (Å²) in [6.45, 7) is 5.50. The third kappa shape index (κ3) is 4.04. The average molecular weight is 418 g/mol. The zero-order valence-corrected chi connectivity index (χ0v) is 18.0. The monoisotopic (exact) mass is 417 g/mol. The highest BCUT2D eigenvalue weighted by Crippen LogP contribution is 2.43. The molecular formula is C23H29Cl2N3. The van der Waals surface area contributed by atoms with Crippen molar-refractivity contribution in [3.8, 4) is 0 Å². The molecule has 2 aromatic rings. The summed E-state index contributed by atoms with van der Waals surface area (Å²) < 4.78 is 0. The molecular weight excluding hydrogens is 389 g/mol. The number of para-hydroxylation sites is 1. The van der Waals surface area contributed by atoms with Crippen molar-refractivity contribution >= 4 is 28.9 Å². The number of likely N-dealkylation sites (N-methyl/N-ethyl adjacent to an activating group) is 1. The van der Waals surface area contributed by atoms with Gasteiger partial charge in [0.15, 0.2) is 0 Å². The average Bonchev–Trinajstić information content (AvgIpc) is 3.07. The first-order valence-electron chi connectivity index (χ1n) is 10.3. The fourth-order valence-electron chi connectivity index (χ4n) is 4.85. The largest absolute Gasteiger partial charge is 0.384 e. The van der Waals surface area contributed by atoms with Crippen molar-refractivity contribution in [3.63, 3.8) is 0 Å². The van der Waals surface area contributed by atoms with Gasteiger partial charge in [0.25, 0.3) is 0 Å². The van der Waals surface area contributed by atoms with E-state index >= 15 is 0 Å². The van der Waals surface area contributed by atoms with Gasteiger partial charge < -0.3 is 15.5 Å². The molecule has 4 rings (SSSR count). The van der Waals surface area contributed by atoms with E-state index in [1.807, 2.05) is 19.2 Å². The smallest absolute Gasteiger partial charge is 0.0595 e. The van der Waals surface area contributed by atoms with E-state index < -0.39 is 0 Å². The minimum Gasteiger partial charge on any atom is -0.384 e. The molecule has 28 heavy (non-hydrogen) atoms. The summed E-state index contributed by atoms with van der Waals surface area (Å²) in [7, 11) is 2.01. The maximum atomic E-state index is 6.25. The number of benzene rings is 2. The van der Waals surface area contributed by atoms with Gasteiger partial charge in [-0.25, -0.2) is 0 Å². The van der Waals surface area contributed by atoms with Crippen LogP contribution in [0.3, 0.4) is 0 Å². The Hall–Kier alpha value is -1.26. The summed E-state index contributed by atoms with van der Waals surface area (Å²) >= 11 is 12.3. The summed E-state index contributed by atoms with van der Waals surface area (Å²) in [6.07, 6.45) is 3.60. The first-order valence-corrected chi connectivity index (χ1v) is 11.0. The van der Waals surface area contributed by atoms with Crippen LogP contribution in [0, 0.1) is 0 Å². The molecule has 2 aromatic carbocycles. The van der Waals surface area contributed by atoms with Crippen molar-refractivity contribution in [2.24, 2.45) is 0 Å². The third-order valence-corrected chi connectivity index (χ3v) is 7.33. The van der Waals surface area contributed by atoms with E-state index in [1.165, 1.54) is 42.7 Å². The molecule has 2 heterocycles. The molecule has 150 valence electrons. The molecule has 0 bridgehead atoms. The molecule has 1 atom stereocenters. The Morgan fingerprint density at radius 3 is 2.64 bits per heavy atom. The van der Waals surface area contributed by atoms with Crippen LogP contribution in [0.2, 0.25) is 10.0 Å². The fraction of sp³-hybridized carbons (Fsp3) is 0.478. The van der Waals surface area contributed by atoms with Crippen LogP contribution in [0.25, 0.3) is 0 Å². The van der Waals surface area contributed by atoms with Crippen LogP contribution in [-0.4, -0.2) is 44.7 Å². The van der Waals surface area contributed by atoms with Gasteiger partial charge in [-0.05, 0) is 81.2 Å². The van der Waals surface area contributed by atoms with Crippen molar-refractivity contribution in [1.82, 2.24) is 10.2 Å². The molecule has 2 aliphatic heterocycles. The number of piperidine rings is 1. The lowest BCUT2D eigenvalue weighted by Gasteiger charge is -2.40. The van der Waals surface area contributed by atoms with Gasteiger partial charge >= 0.3 is 0 Å². The molecule has 3 nitrogen and oxygen atoms in total. The van der Waals surface area contributed by atoms with Gasteiger partial charge in [0.05, 0.1) is 10.0 Å². The topological polar surface area (TPSA) is 27.3 Å². The SMILES string of the molecule is CNCC(CCN1CCC2(CC1)CNc1ccccc12)c1ccc(Cl)c(Cl)c1. The predicted molar refractivity (Wildman–Crippen MR) is 120 cm³/mol. The molecule has 0 saturated carbocycles. The number of likely N-dealkylation sites (tertiary alicyclic amines) is 1.